The molecule has 1 amide bonds. The molecule has 1 aromatic rings. The number of hydrogen-bond donors (Lipinski definition) is 0. The molecule has 120 valence electrons. The van der Waals surface area contributed by atoms with Gasteiger partial charge in [-0.05, 0) is 31.4 Å². The lowest BCUT2D eigenvalue weighted by molar-refractivity contribution is -0.126. The van der Waals surface area contributed by atoms with Crippen LogP contribution in [0.5, 0.6) is 5.75 Å². The maximum Gasteiger partial charge on any atom is 0.246 e. The first kappa shape index (κ1) is 16.7. The van der Waals surface area contributed by atoms with Gasteiger partial charge in [-0.3, -0.25) is 9.00 Å². The largest absolute Gasteiger partial charge is 0.496 e. The first-order valence-corrected chi connectivity index (χ1v) is 8.95. The van der Waals surface area contributed by atoms with Crippen molar-refractivity contribution in [2.45, 2.75) is 25.8 Å². The van der Waals surface area contributed by atoms with E-state index in [1.54, 1.807) is 18.1 Å². The zero-order valence-corrected chi connectivity index (χ0v) is 14.2. The molecule has 4 nitrogen and oxygen atoms in total. The highest BCUT2D eigenvalue weighted by molar-refractivity contribution is 7.85. The number of amides is 1. The quantitative estimate of drug-likeness (QED) is 0.800. The summed E-state index contributed by atoms with van der Waals surface area (Å²) in [6.45, 7) is 1.92. The summed E-state index contributed by atoms with van der Waals surface area (Å²) in [4.78, 5) is 14.2. The molecule has 0 aliphatic carbocycles. The fourth-order valence-corrected chi connectivity index (χ4v) is 3.96. The first-order chi connectivity index (χ1) is 10.5. The monoisotopic (exact) mass is 321 g/mol. The van der Waals surface area contributed by atoms with Crippen molar-refractivity contribution >= 4 is 22.3 Å². The summed E-state index contributed by atoms with van der Waals surface area (Å²) < 4.78 is 16.8. The van der Waals surface area contributed by atoms with Crippen molar-refractivity contribution in [2.75, 3.05) is 25.7 Å². The van der Waals surface area contributed by atoms with Crippen LogP contribution in [0.15, 0.2) is 30.3 Å². The maximum absolute atomic E-state index is 12.4. The number of hydrogen-bond acceptors (Lipinski definition) is 3. The van der Waals surface area contributed by atoms with Gasteiger partial charge in [0.2, 0.25) is 5.91 Å². The van der Waals surface area contributed by atoms with Gasteiger partial charge in [-0.1, -0.05) is 18.2 Å². The smallest absolute Gasteiger partial charge is 0.246 e. The molecule has 22 heavy (non-hydrogen) atoms. The van der Waals surface area contributed by atoms with Gasteiger partial charge in [0.05, 0.1) is 7.11 Å². The number of ether oxygens (including phenoxy) is 1. The zero-order chi connectivity index (χ0) is 16.1. The van der Waals surface area contributed by atoms with Crippen molar-refractivity contribution in [3.8, 4) is 5.75 Å². The Bertz CT molecular complexity index is 587. The van der Waals surface area contributed by atoms with Gasteiger partial charge in [-0.15, -0.1) is 0 Å². The minimum atomic E-state index is -0.705. The minimum Gasteiger partial charge on any atom is -0.496 e. The molecule has 0 saturated carbocycles. The molecule has 1 aliphatic heterocycles. The number of carbonyl (C=O) groups excluding carboxylic acids is 1. The molecule has 0 unspecified atom stereocenters. The molecular formula is C17H23NO3S. The minimum absolute atomic E-state index is 0.0129. The molecule has 1 saturated heterocycles. The van der Waals surface area contributed by atoms with Crippen LogP contribution in [0, 0.1) is 0 Å². The number of nitrogens with zero attached hydrogens (tertiary/aromatic N) is 1. The molecule has 1 aliphatic rings. The van der Waals surface area contributed by atoms with Crippen molar-refractivity contribution in [3.63, 3.8) is 0 Å². The van der Waals surface area contributed by atoms with Crippen LogP contribution < -0.4 is 4.74 Å². The van der Waals surface area contributed by atoms with Crippen molar-refractivity contribution in [2.24, 2.45) is 0 Å². The summed E-state index contributed by atoms with van der Waals surface area (Å²) in [6.07, 6.45) is 3.29. The summed E-state index contributed by atoms with van der Waals surface area (Å²) in [6, 6.07) is 7.86. The van der Waals surface area contributed by atoms with Crippen molar-refractivity contribution in [1.82, 2.24) is 4.90 Å². The van der Waals surface area contributed by atoms with E-state index in [4.69, 9.17) is 4.74 Å². The van der Waals surface area contributed by atoms with Crippen molar-refractivity contribution in [1.29, 1.82) is 0 Å². The number of benzene rings is 1. The van der Waals surface area contributed by atoms with E-state index in [9.17, 15) is 9.00 Å². The average molecular weight is 321 g/mol. The van der Waals surface area contributed by atoms with Crippen LogP contribution in [-0.4, -0.2) is 46.7 Å². The fourth-order valence-electron chi connectivity index (χ4n) is 2.68. The molecule has 1 fully saturated rings. The Morgan fingerprint density at radius 2 is 1.95 bits per heavy atom. The molecule has 0 aromatic heterocycles. The Morgan fingerprint density at radius 1 is 1.32 bits per heavy atom. The van der Waals surface area contributed by atoms with Gasteiger partial charge in [0.1, 0.15) is 5.75 Å². The summed E-state index contributed by atoms with van der Waals surface area (Å²) in [5.74, 6) is 2.13. The number of likely N-dealkylation sites (N-methyl/N-ethyl adjacent to an activating group) is 1. The molecule has 0 radical (unpaired) electrons. The maximum atomic E-state index is 12.4. The third kappa shape index (κ3) is 3.97. The van der Waals surface area contributed by atoms with Crippen LogP contribution in [0.4, 0.5) is 0 Å². The molecule has 0 spiro atoms. The Balaban J connectivity index is 2.10. The van der Waals surface area contributed by atoms with E-state index in [1.807, 2.05) is 38.2 Å². The van der Waals surface area contributed by atoms with E-state index in [0.29, 0.717) is 11.5 Å². The predicted octanol–water partition coefficient (Wildman–Crippen LogP) is 2.47. The van der Waals surface area contributed by atoms with Gasteiger partial charge in [0.15, 0.2) is 0 Å². The van der Waals surface area contributed by atoms with Gasteiger partial charge in [-0.25, -0.2) is 0 Å². The molecule has 1 heterocycles. The second kappa shape index (κ2) is 7.58. The number of methoxy groups -OCH3 is 1. The van der Waals surface area contributed by atoms with Gasteiger partial charge in [0, 0.05) is 47.0 Å². The second-order valence-electron chi connectivity index (χ2n) is 5.56. The summed E-state index contributed by atoms with van der Waals surface area (Å²) in [7, 11) is 2.75. The predicted molar refractivity (Wildman–Crippen MR) is 90.3 cm³/mol. The molecule has 0 atom stereocenters. The molecule has 0 bridgehead atoms. The molecule has 2 rings (SSSR count). The number of para-hydroxylation sites is 1. The van der Waals surface area contributed by atoms with E-state index in [0.717, 1.165) is 29.7 Å². The molecule has 1 aromatic carbocycles. The Hall–Kier alpha value is -1.62. The summed E-state index contributed by atoms with van der Waals surface area (Å²) in [5, 5.41) is 0. The molecular weight excluding hydrogens is 298 g/mol. The third-order valence-electron chi connectivity index (χ3n) is 4.12. The lowest BCUT2D eigenvalue weighted by atomic mass is 10.0. The van der Waals surface area contributed by atoms with Crippen molar-refractivity contribution < 1.29 is 13.7 Å². The van der Waals surface area contributed by atoms with Crippen LogP contribution >= 0.6 is 0 Å². The van der Waals surface area contributed by atoms with Crippen molar-refractivity contribution in [3.05, 3.63) is 35.9 Å². The number of rotatable bonds is 4. The normalized spacial score (nSPS) is 22.2. The SMILES string of the molecule is COc1ccccc1/C(C)=C/C(=O)N(C)C1CCS(=O)CC1. The van der Waals surface area contributed by atoms with Gasteiger partial charge in [0.25, 0.3) is 0 Å². The van der Waals surface area contributed by atoms with Crippen LogP contribution in [0.25, 0.3) is 5.57 Å². The highest BCUT2D eigenvalue weighted by Gasteiger charge is 2.24. The van der Waals surface area contributed by atoms with E-state index >= 15 is 0 Å². The number of allylic oxidation sites excluding steroid dienone is 1. The van der Waals surface area contributed by atoms with E-state index in [1.165, 1.54) is 0 Å². The molecule has 5 heteroatoms. The van der Waals surface area contributed by atoms with Crippen LogP contribution in [0.3, 0.4) is 0 Å². The van der Waals surface area contributed by atoms with Crippen LogP contribution in [0.2, 0.25) is 0 Å². The lowest BCUT2D eigenvalue weighted by Gasteiger charge is -2.30. The topological polar surface area (TPSA) is 46.6 Å². The van der Waals surface area contributed by atoms with Gasteiger partial charge < -0.3 is 9.64 Å². The van der Waals surface area contributed by atoms with Crippen LogP contribution in [0.1, 0.15) is 25.3 Å². The van der Waals surface area contributed by atoms with Gasteiger partial charge in [-0.2, -0.15) is 0 Å². The summed E-state index contributed by atoms with van der Waals surface area (Å²) >= 11 is 0. The standard InChI is InChI=1S/C17H23NO3S/c1-13(15-6-4-5-7-16(15)21-3)12-17(19)18(2)14-8-10-22(20)11-9-14/h4-7,12,14H,8-11H2,1-3H3/b13-12+. The van der Waals surface area contributed by atoms with Gasteiger partial charge >= 0.3 is 0 Å². The third-order valence-corrected chi connectivity index (χ3v) is 5.51. The van der Waals surface area contributed by atoms with Crippen LogP contribution in [-0.2, 0) is 15.6 Å². The Labute approximate surface area is 134 Å². The Kier molecular flexibility index (Phi) is 5.77. The highest BCUT2D eigenvalue weighted by Crippen LogP contribution is 2.25. The van der Waals surface area contributed by atoms with E-state index in [2.05, 4.69) is 0 Å². The zero-order valence-electron chi connectivity index (χ0n) is 13.4. The first-order valence-electron chi connectivity index (χ1n) is 7.46. The average Bonchev–Trinajstić information content (AvgIpc) is 2.54. The highest BCUT2D eigenvalue weighted by atomic mass is 32.2. The Morgan fingerprint density at radius 3 is 2.59 bits per heavy atom. The summed E-state index contributed by atoms with van der Waals surface area (Å²) in [5.41, 5.74) is 1.81. The molecule has 0 N–H and O–H groups in total. The number of carbonyl (C=O) groups is 1. The fraction of sp³-hybridized carbons (Fsp3) is 0.471. The van der Waals surface area contributed by atoms with E-state index < -0.39 is 10.8 Å². The second-order valence-corrected chi connectivity index (χ2v) is 7.25. The van der Waals surface area contributed by atoms with E-state index in [-0.39, 0.29) is 11.9 Å². The lowest BCUT2D eigenvalue weighted by Crippen LogP contribution is -2.40.